The summed E-state index contributed by atoms with van der Waals surface area (Å²) in [5, 5.41) is 18.6. The van der Waals surface area contributed by atoms with Gasteiger partial charge in [0.05, 0.1) is 18.5 Å². The molecule has 3 rings (SSSR count). The predicted octanol–water partition coefficient (Wildman–Crippen LogP) is 12.4. The van der Waals surface area contributed by atoms with E-state index in [1.807, 2.05) is 27.7 Å². The van der Waals surface area contributed by atoms with E-state index in [0.29, 0.717) is 12.8 Å². The molecule has 0 radical (unpaired) electrons. The van der Waals surface area contributed by atoms with E-state index in [-0.39, 0.29) is 46.5 Å². The molecule has 0 spiro atoms. The van der Waals surface area contributed by atoms with Gasteiger partial charge in [0, 0.05) is 19.3 Å². The topological polar surface area (TPSA) is 93.1 Å². The number of carbonyl (C=O) groups excluding carboxylic acids is 2. The van der Waals surface area contributed by atoms with Crippen LogP contribution in [0.1, 0.15) is 168 Å². The highest BCUT2D eigenvalue weighted by molar-refractivity contribution is 5.69. The molecule has 2 N–H and O–H groups in total. The predicted molar refractivity (Wildman–Crippen MR) is 224 cm³/mol. The van der Waals surface area contributed by atoms with Crippen LogP contribution in [0.15, 0.2) is 82.7 Å². The zero-order valence-corrected chi connectivity index (χ0v) is 36.3. The Hall–Kier alpha value is -2.96. The Kier molecular flexibility index (Phi) is 23.1. The van der Waals surface area contributed by atoms with Crippen molar-refractivity contribution in [1.29, 1.82) is 0 Å². The van der Waals surface area contributed by atoms with E-state index < -0.39 is 0 Å². The quantitative estimate of drug-likeness (QED) is 0.171. The Morgan fingerprint density at radius 1 is 0.660 bits per heavy atom. The van der Waals surface area contributed by atoms with Crippen LogP contribution >= 0.6 is 0 Å². The molecule has 302 valence electrons. The second-order valence-electron chi connectivity index (χ2n) is 16.9. The minimum absolute atomic E-state index is 0.0320. The van der Waals surface area contributed by atoms with Crippen molar-refractivity contribution in [1.82, 2.24) is 0 Å². The minimum Gasteiger partial charge on any atom is -0.462 e. The molecule has 3 aliphatic rings. The van der Waals surface area contributed by atoms with Crippen LogP contribution in [0.5, 0.6) is 0 Å². The molecule has 6 nitrogen and oxygen atoms in total. The summed E-state index contributed by atoms with van der Waals surface area (Å²) in [6.07, 6.45) is 24.6. The molecule has 0 aromatic rings. The monoisotopic (exact) mass is 739 g/mol. The zero-order valence-electron chi connectivity index (χ0n) is 36.3. The third-order valence-electron chi connectivity index (χ3n) is 10.2. The maximum absolute atomic E-state index is 11.2. The Balaban J connectivity index is 0.000000709. The number of allylic oxidation sites excluding steroid dienone is 9. The smallest absolute Gasteiger partial charge is 0.310 e. The van der Waals surface area contributed by atoms with Crippen molar-refractivity contribution in [2.75, 3.05) is 0 Å². The molecule has 3 aliphatic carbocycles. The first-order chi connectivity index (χ1) is 24.5. The molecular formula is C47H78O6. The van der Waals surface area contributed by atoms with E-state index in [2.05, 4.69) is 110 Å². The molecule has 0 aliphatic heterocycles. The molecule has 0 bridgehead atoms. The molecule has 0 aromatic heterocycles. The van der Waals surface area contributed by atoms with Gasteiger partial charge in [-0.2, -0.15) is 0 Å². The molecule has 6 heteroatoms. The van der Waals surface area contributed by atoms with Gasteiger partial charge < -0.3 is 19.7 Å². The lowest BCUT2D eigenvalue weighted by Crippen LogP contribution is -2.20. The largest absolute Gasteiger partial charge is 0.462 e. The van der Waals surface area contributed by atoms with Crippen molar-refractivity contribution in [3.05, 3.63) is 82.7 Å². The van der Waals surface area contributed by atoms with E-state index in [4.69, 9.17) is 4.74 Å². The molecule has 0 aromatic carbocycles. The minimum atomic E-state index is -0.241. The number of hydrogen-bond donors (Lipinski definition) is 2. The molecule has 0 fully saturated rings. The molecule has 0 saturated carbocycles. The van der Waals surface area contributed by atoms with Crippen molar-refractivity contribution in [3.8, 4) is 0 Å². The van der Waals surface area contributed by atoms with Crippen LogP contribution in [0, 0.1) is 16.2 Å². The highest BCUT2D eigenvalue weighted by Crippen LogP contribution is 2.42. The SMILES string of the molecule is C=COC(=O)CC.CC1=CCCC(C)(C)/C1=C/CC(C)O.CC1=CCCC(C)(C)/C1=C/C[C@H](C)O.CCC(=O)O[C@H](C)C/C=C1\C(C)=CCCC1(C)C. The van der Waals surface area contributed by atoms with Crippen molar-refractivity contribution < 1.29 is 29.3 Å². The summed E-state index contributed by atoms with van der Waals surface area (Å²) in [5.74, 6) is -0.355. The fourth-order valence-electron chi connectivity index (χ4n) is 6.99. The molecular weight excluding hydrogens is 661 g/mol. The Labute approximate surface area is 325 Å². The van der Waals surface area contributed by atoms with Crippen LogP contribution in [-0.2, 0) is 19.1 Å². The molecule has 0 amide bonds. The maximum Gasteiger partial charge on any atom is 0.310 e. The van der Waals surface area contributed by atoms with E-state index in [1.54, 1.807) is 6.92 Å². The number of ether oxygens (including phenoxy) is 2. The van der Waals surface area contributed by atoms with Crippen molar-refractivity contribution in [2.24, 2.45) is 16.2 Å². The summed E-state index contributed by atoms with van der Waals surface area (Å²) < 4.78 is 9.61. The third kappa shape index (κ3) is 19.8. The lowest BCUT2D eigenvalue weighted by atomic mass is 9.73. The standard InChI is InChI=1S/C16H26O2.2C13H22O.C5H8O2/c1-6-15(17)18-13(3)9-10-14-12(2)8-7-11-16(14,4)5;2*1-10-6-5-9-13(3,4)12(10)8-7-11(2)14;1-3-5(6)7-4-2/h8,10,13H,6-7,9,11H2,1-5H3;2*6,8,11,14H,5,7,9H2,1-4H3;4H,2-3H2,1H3/b14-10+;2*12-8+;/t13-;11-;;/m10../s1. The Morgan fingerprint density at radius 3 is 1.23 bits per heavy atom. The first kappa shape index (κ1) is 50.0. The summed E-state index contributed by atoms with van der Waals surface area (Å²) in [5.41, 5.74) is 9.22. The number of aliphatic hydroxyl groups excluding tert-OH is 2. The van der Waals surface area contributed by atoms with Crippen LogP contribution in [0.2, 0.25) is 0 Å². The van der Waals surface area contributed by atoms with Gasteiger partial charge in [-0.15, -0.1) is 0 Å². The second kappa shape index (κ2) is 24.4. The maximum atomic E-state index is 11.2. The van der Waals surface area contributed by atoms with Crippen LogP contribution < -0.4 is 0 Å². The van der Waals surface area contributed by atoms with Gasteiger partial charge in [0.1, 0.15) is 6.10 Å². The van der Waals surface area contributed by atoms with Gasteiger partial charge in [-0.1, -0.05) is 115 Å². The lowest BCUT2D eigenvalue weighted by molar-refractivity contribution is -0.147. The number of carbonyl (C=O) groups is 2. The number of hydrogen-bond acceptors (Lipinski definition) is 6. The third-order valence-corrected chi connectivity index (χ3v) is 10.2. The first-order valence-electron chi connectivity index (χ1n) is 20.0. The van der Waals surface area contributed by atoms with Gasteiger partial charge in [0.15, 0.2) is 0 Å². The normalized spacial score (nSPS) is 22.4. The van der Waals surface area contributed by atoms with E-state index in [0.717, 1.165) is 31.9 Å². The van der Waals surface area contributed by atoms with Crippen LogP contribution in [0.25, 0.3) is 0 Å². The zero-order chi connectivity index (χ0) is 41.0. The van der Waals surface area contributed by atoms with Gasteiger partial charge in [-0.3, -0.25) is 9.59 Å². The van der Waals surface area contributed by atoms with Gasteiger partial charge >= 0.3 is 11.9 Å². The second-order valence-corrected chi connectivity index (χ2v) is 16.9. The van der Waals surface area contributed by atoms with E-state index >= 15 is 0 Å². The Morgan fingerprint density at radius 2 is 0.981 bits per heavy atom. The summed E-state index contributed by atoms with van der Waals surface area (Å²) in [6, 6.07) is 0. The fourth-order valence-corrected chi connectivity index (χ4v) is 6.99. The van der Waals surface area contributed by atoms with E-state index in [9.17, 15) is 19.8 Å². The highest BCUT2D eigenvalue weighted by Gasteiger charge is 2.28. The number of esters is 2. The van der Waals surface area contributed by atoms with Crippen molar-refractivity contribution in [2.45, 2.75) is 186 Å². The average molecular weight is 739 g/mol. The van der Waals surface area contributed by atoms with Gasteiger partial charge in [0.25, 0.3) is 0 Å². The van der Waals surface area contributed by atoms with Crippen molar-refractivity contribution >= 4 is 11.9 Å². The first-order valence-corrected chi connectivity index (χ1v) is 20.0. The lowest BCUT2D eigenvalue weighted by Gasteiger charge is -2.32. The molecule has 3 atom stereocenters. The molecule has 53 heavy (non-hydrogen) atoms. The fraction of sp³-hybridized carbons (Fsp3) is 0.660. The summed E-state index contributed by atoms with van der Waals surface area (Å²) in [7, 11) is 0. The summed E-state index contributed by atoms with van der Waals surface area (Å²) in [6.45, 7) is 32.7. The van der Waals surface area contributed by atoms with Crippen molar-refractivity contribution in [3.63, 3.8) is 0 Å². The summed E-state index contributed by atoms with van der Waals surface area (Å²) in [4.78, 5) is 21.3. The Bertz CT molecular complexity index is 1290. The van der Waals surface area contributed by atoms with Gasteiger partial charge in [0.2, 0.25) is 0 Å². The molecule has 0 heterocycles. The molecule has 1 unspecified atom stereocenters. The number of rotatable bonds is 10. The number of aliphatic hydroxyl groups is 2. The van der Waals surface area contributed by atoms with Crippen LogP contribution in [0.3, 0.4) is 0 Å². The highest BCUT2D eigenvalue weighted by atomic mass is 16.5. The van der Waals surface area contributed by atoms with Gasteiger partial charge in [-0.05, 0) is 126 Å². The van der Waals surface area contributed by atoms with E-state index in [1.165, 1.54) is 65.5 Å². The van der Waals surface area contributed by atoms with Gasteiger partial charge in [-0.25, -0.2) is 0 Å². The summed E-state index contributed by atoms with van der Waals surface area (Å²) >= 11 is 0. The van der Waals surface area contributed by atoms with Crippen LogP contribution in [-0.4, -0.2) is 40.5 Å². The molecule has 0 saturated heterocycles. The van der Waals surface area contributed by atoms with Crippen LogP contribution in [0.4, 0.5) is 0 Å². The average Bonchev–Trinajstić information content (AvgIpc) is 3.04.